The van der Waals surface area contributed by atoms with E-state index in [9.17, 15) is 4.79 Å². The summed E-state index contributed by atoms with van der Waals surface area (Å²) in [5.74, 6) is 0.277. The number of thiophene rings is 1. The molecule has 1 unspecified atom stereocenters. The fraction of sp³-hybridized carbons (Fsp3) is 0.773. The monoisotopic (exact) mass is 366 g/mol. The van der Waals surface area contributed by atoms with Crippen LogP contribution in [0.3, 0.4) is 0 Å². The SMILES string of the molecule is CCC(C)(CC)c1cc(C(C)CCC(=O)OC)c(C(C)(CC)CC)s1. The second-order valence-corrected chi connectivity index (χ2v) is 9.00. The number of carbonyl (C=O) groups is 1. The Morgan fingerprint density at radius 2 is 1.60 bits per heavy atom. The van der Waals surface area contributed by atoms with Gasteiger partial charge >= 0.3 is 5.97 Å². The highest BCUT2D eigenvalue weighted by Crippen LogP contribution is 2.47. The Hall–Kier alpha value is -0.830. The third-order valence-electron chi connectivity index (χ3n) is 6.57. The summed E-state index contributed by atoms with van der Waals surface area (Å²) in [5.41, 5.74) is 1.94. The molecule has 0 amide bonds. The molecule has 0 aliphatic carbocycles. The molecule has 0 aliphatic rings. The molecule has 0 bridgehead atoms. The summed E-state index contributed by atoms with van der Waals surface area (Å²) in [6.07, 6.45) is 5.97. The van der Waals surface area contributed by atoms with Crippen molar-refractivity contribution >= 4 is 17.3 Å². The third kappa shape index (κ3) is 4.87. The predicted octanol–water partition coefficient (Wildman–Crippen LogP) is 6.96. The normalized spacial score (nSPS) is 13.8. The summed E-state index contributed by atoms with van der Waals surface area (Å²) >= 11 is 2.02. The fourth-order valence-electron chi connectivity index (χ4n) is 3.30. The number of carbonyl (C=O) groups excluding carboxylic acids is 1. The van der Waals surface area contributed by atoms with Crippen LogP contribution in [0.5, 0.6) is 0 Å². The molecule has 0 radical (unpaired) electrons. The summed E-state index contributed by atoms with van der Waals surface area (Å²) in [7, 11) is 1.47. The van der Waals surface area contributed by atoms with E-state index in [1.807, 2.05) is 11.3 Å². The van der Waals surface area contributed by atoms with Gasteiger partial charge in [-0.15, -0.1) is 11.3 Å². The maximum Gasteiger partial charge on any atom is 0.305 e. The number of hydrogen-bond acceptors (Lipinski definition) is 3. The van der Waals surface area contributed by atoms with Crippen molar-refractivity contribution in [3.05, 3.63) is 21.4 Å². The summed E-state index contributed by atoms with van der Waals surface area (Å²) in [6, 6.07) is 2.46. The third-order valence-corrected chi connectivity index (χ3v) is 8.33. The molecule has 1 atom stereocenters. The molecule has 0 saturated carbocycles. The van der Waals surface area contributed by atoms with Crippen LogP contribution in [0.25, 0.3) is 0 Å². The Balaban J connectivity index is 3.33. The molecule has 0 spiro atoms. The maximum atomic E-state index is 11.6. The van der Waals surface area contributed by atoms with Crippen molar-refractivity contribution in [3.63, 3.8) is 0 Å². The lowest BCUT2D eigenvalue weighted by molar-refractivity contribution is -0.140. The quantitative estimate of drug-likeness (QED) is 0.418. The number of methoxy groups -OCH3 is 1. The van der Waals surface area contributed by atoms with Gasteiger partial charge in [0.15, 0.2) is 0 Å². The zero-order chi connectivity index (χ0) is 19.3. The predicted molar refractivity (Wildman–Crippen MR) is 110 cm³/mol. The van der Waals surface area contributed by atoms with Crippen LogP contribution in [0.2, 0.25) is 0 Å². The molecule has 3 heteroatoms. The van der Waals surface area contributed by atoms with Gasteiger partial charge in [0.05, 0.1) is 7.11 Å². The number of esters is 1. The van der Waals surface area contributed by atoms with Crippen molar-refractivity contribution in [2.45, 2.75) is 104 Å². The molecule has 25 heavy (non-hydrogen) atoms. The van der Waals surface area contributed by atoms with E-state index >= 15 is 0 Å². The first kappa shape index (κ1) is 22.2. The maximum absolute atomic E-state index is 11.6. The van der Waals surface area contributed by atoms with E-state index in [0.29, 0.717) is 12.3 Å². The van der Waals surface area contributed by atoms with Gasteiger partial charge < -0.3 is 4.74 Å². The molecule has 1 aromatic heterocycles. The minimum Gasteiger partial charge on any atom is -0.469 e. The first-order chi connectivity index (χ1) is 11.7. The van der Waals surface area contributed by atoms with Gasteiger partial charge in [-0.05, 0) is 49.7 Å². The van der Waals surface area contributed by atoms with Crippen molar-refractivity contribution in [3.8, 4) is 0 Å². The second-order valence-electron chi connectivity index (χ2n) is 7.95. The average molecular weight is 367 g/mol. The highest BCUT2D eigenvalue weighted by molar-refractivity contribution is 7.12. The molecule has 0 N–H and O–H groups in total. The summed E-state index contributed by atoms with van der Waals surface area (Å²) in [4.78, 5) is 14.6. The largest absolute Gasteiger partial charge is 0.469 e. The Morgan fingerprint density at radius 3 is 2.04 bits per heavy atom. The lowest BCUT2D eigenvalue weighted by atomic mass is 9.78. The van der Waals surface area contributed by atoms with Crippen LogP contribution in [0, 0.1) is 0 Å². The Kier molecular flexibility index (Phi) is 8.18. The average Bonchev–Trinajstić information content (AvgIpc) is 3.11. The second kappa shape index (κ2) is 9.21. The van der Waals surface area contributed by atoms with E-state index < -0.39 is 0 Å². The van der Waals surface area contributed by atoms with E-state index in [4.69, 9.17) is 4.74 Å². The Labute approximate surface area is 159 Å². The number of rotatable bonds is 10. The van der Waals surface area contributed by atoms with Gasteiger partial charge in [0, 0.05) is 27.0 Å². The van der Waals surface area contributed by atoms with E-state index in [2.05, 4.69) is 54.5 Å². The van der Waals surface area contributed by atoms with Crippen LogP contribution in [-0.4, -0.2) is 13.1 Å². The van der Waals surface area contributed by atoms with Gasteiger partial charge in [0.2, 0.25) is 0 Å². The standard InChI is InChI=1S/C22H38O2S/c1-9-21(6,10-2)18-15-17(16(5)13-14-19(23)24-8)20(25-18)22(7,11-3)12-4/h15-16H,9-14H2,1-8H3. The molecule has 1 rings (SSSR count). The molecule has 2 nitrogen and oxygen atoms in total. The van der Waals surface area contributed by atoms with Gasteiger partial charge in [0.1, 0.15) is 0 Å². The summed E-state index contributed by atoms with van der Waals surface area (Å²) < 4.78 is 4.83. The summed E-state index contributed by atoms with van der Waals surface area (Å²) in [5, 5.41) is 0. The van der Waals surface area contributed by atoms with Gasteiger partial charge in [-0.2, -0.15) is 0 Å². The minimum absolute atomic E-state index is 0.107. The molecule has 1 aromatic rings. The smallest absolute Gasteiger partial charge is 0.305 e. The summed E-state index contributed by atoms with van der Waals surface area (Å²) in [6.45, 7) is 16.2. The molecule has 0 saturated heterocycles. The van der Waals surface area contributed by atoms with Crippen LogP contribution in [0.15, 0.2) is 6.07 Å². The Morgan fingerprint density at radius 1 is 1.08 bits per heavy atom. The van der Waals surface area contributed by atoms with Crippen LogP contribution in [0.4, 0.5) is 0 Å². The van der Waals surface area contributed by atoms with Crippen molar-refractivity contribution in [2.75, 3.05) is 7.11 Å². The first-order valence-corrected chi connectivity index (χ1v) is 10.7. The zero-order valence-electron chi connectivity index (χ0n) is 17.6. The number of ether oxygens (including phenoxy) is 1. The highest BCUT2D eigenvalue weighted by atomic mass is 32.1. The van der Waals surface area contributed by atoms with Gasteiger partial charge in [0.25, 0.3) is 0 Å². The fourth-order valence-corrected chi connectivity index (χ4v) is 5.16. The van der Waals surface area contributed by atoms with Gasteiger partial charge in [-0.3, -0.25) is 4.79 Å². The first-order valence-electron chi connectivity index (χ1n) is 9.92. The zero-order valence-corrected chi connectivity index (χ0v) is 18.4. The molecule has 144 valence electrons. The van der Waals surface area contributed by atoms with E-state index in [1.165, 1.54) is 22.4 Å². The molecule has 0 aliphatic heterocycles. The lowest BCUT2D eigenvalue weighted by Gasteiger charge is -2.29. The minimum atomic E-state index is -0.107. The van der Waals surface area contributed by atoms with Crippen molar-refractivity contribution < 1.29 is 9.53 Å². The number of hydrogen-bond donors (Lipinski definition) is 0. The van der Waals surface area contributed by atoms with E-state index in [1.54, 1.807) is 0 Å². The molecular formula is C22H38O2S. The van der Waals surface area contributed by atoms with Crippen LogP contribution < -0.4 is 0 Å². The van der Waals surface area contributed by atoms with Crippen LogP contribution in [-0.2, 0) is 20.4 Å². The molecular weight excluding hydrogens is 328 g/mol. The van der Waals surface area contributed by atoms with Gasteiger partial charge in [-0.25, -0.2) is 0 Å². The van der Waals surface area contributed by atoms with Gasteiger partial charge in [-0.1, -0.05) is 48.5 Å². The van der Waals surface area contributed by atoms with Crippen molar-refractivity contribution in [2.24, 2.45) is 0 Å². The molecule has 1 heterocycles. The van der Waals surface area contributed by atoms with Crippen molar-refractivity contribution in [1.29, 1.82) is 0 Å². The molecule has 0 aromatic carbocycles. The van der Waals surface area contributed by atoms with Crippen molar-refractivity contribution in [1.82, 2.24) is 0 Å². The van der Waals surface area contributed by atoms with E-state index in [-0.39, 0.29) is 16.8 Å². The topological polar surface area (TPSA) is 26.3 Å². The van der Waals surface area contributed by atoms with Crippen LogP contribution in [0.1, 0.15) is 108 Å². The molecule has 0 fully saturated rings. The highest BCUT2D eigenvalue weighted by Gasteiger charge is 2.33. The van der Waals surface area contributed by atoms with Crippen LogP contribution >= 0.6 is 11.3 Å². The lowest BCUT2D eigenvalue weighted by Crippen LogP contribution is -2.20. The Bertz CT molecular complexity index is 550. The van der Waals surface area contributed by atoms with E-state index in [0.717, 1.165) is 32.1 Å².